The van der Waals surface area contributed by atoms with Crippen molar-refractivity contribution >= 4 is 15.7 Å². The first-order valence-electron chi connectivity index (χ1n) is 10.5. The summed E-state index contributed by atoms with van der Waals surface area (Å²) in [6.07, 6.45) is 4.38. The molecule has 0 radical (unpaired) electrons. The van der Waals surface area contributed by atoms with Gasteiger partial charge in [0.2, 0.25) is 5.91 Å². The van der Waals surface area contributed by atoms with Crippen LogP contribution in [0.4, 0.5) is 0 Å². The molecule has 2 N–H and O–H groups in total. The lowest BCUT2D eigenvalue weighted by Gasteiger charge is -2.23. The molecule has 2 aromatic rings. The van der Waals surface area contributed by atoms with Crippen LogP contribution in [0.15, 0.2) is 47.4 Å². The highest BCUT2D eigenvalue weighted by Gasteiger charge is 2.23. The number of carbonyl (C=O) groups excluding carboxylic acids is 1. The second kappa shape index (κ2) is 10.4. The van der Waals surface area contributed by atoms with Gasteiger partial charge in [-0.05, 0) is 47.7 Å². The minimum atomic E-state index is -3.47. The number of carbonyl (C=O) groups is 1. The van der Waals surface area contributed by atoms with E-state index in [4.69, 9.17) is 5.26 Å². The number of nitrogens with one attached hydrogen (secondary N) is 2. The minimum Gasteiger partial charge on any atom is -0.339 e. The summed E-state index contributed by atoms with van der Waals surface area (Å²) < 4.78 is 24.3. The molecule has 1 heterocycles. The van der Waals surface area contributed by atoms with Crippen molar-refractivity contribution < 1.29 is 13.2 Å². The summed E-state index contributed by atoms with van der Waals surface area (Å²) in [5.41, 5.74) is 2.93. The van der Waals surface area contributed by atoms with E-state index in [-0.39, 0.29) is 23.3 Å². The number of hydrogen-bond acceptors (Lipinski definition) is 6. The predicted molar refractivity (Wildman–Crippen MR) is 121 cm³/mol. The molecule has 0 aliphatic carbocycles. The third-order valence-corrected chi connectivity index (χ3v) is 6.74. The van der Waals surface area contributed by atoms with Crippen LogP contribution in [0.2, 0.25) is 0 Å². The fourth-order valence-corrected chi connectivity index (χ4v) is 4.81. The molecular formula is C24H26N4O3S. The van der Waals surface area contributed by atoms with Crippen LogP contribution in [-0.2, 0) is 27.5 Å². The van der Waals surface area contributed by atoms with Gasteiger partial charge in [-0.15, -0.1) is 0 Å². The lowest BCUT2D eigenvalue weighted by atomic mass is 9.99. The molecule has 3 rings (SSSR count). The summed E-state index contributed by atoms with van der Waals surface area (Å²) >= 11 is 0. The zero-order valence-corrected chi connectivity index (χ0v) is 18.8. The summed E-state index contributed by atoms with van der Waals surface area (Å²) in [6.45, 7) is 0.815. The molecule has 1 amide bonds. The molecule has 166 valence electrons. The minimum absolute atomic E-state index is 0.0271. The number of hydrogen-bond donors (Lipinski definition) is 2. The van der Waals surface area contributed by atoms with E-state index in [1.807, 2.05) is 30.3 Å². The Morgan fingerprint density at radius 2 is 1.88 bits per heavy atom. The molecule has 7 nitrogen and oxygen atoms in total. The van der Waals surface area contributed by atoms with Crippen LogP contribution < -0.4 is 10.6 Å². The summed E-state index contributed by atoms with van der Waals surface area (Å²) in [7, 11) is -3.47. The van der Waals surface area contributed by atoms with Gasteiger partial charge in [0.1, 0.15) is 6.04 Å². The Morgan fingerprint density at radius 3 is 2.47 bits per heavy atom. The summed E-state index contributed by atoms with van der Waals surface area (Å²) in [4.78, 5) is 12.5. The van der Waals surface area contributed by atoms with Gasteiger partial charge in [0.25, 0.3) is 0 Å². The summed E-state index contributed by atoms with van der Waals surface area (Å²) in [5, 5.41) is 24.4. The fourth-order valence-electron chi connectivity index (χ4n) is 3.86. The van der Waals surface area contributed by atoms with Crippen LogP contribution in [-0.4, -0.2) is 39.2 Å². The zero-order valence-electron chi connectivity index (χ0n) is 18.0. The Balaban J connectivity index is 1.72. The third kappa shape index (κ3) is 5.94. The SMILES string of the molecule is CS(=O)(=O)c1cc(-c2ccc(C[C@@H](C#N)NC(=O)[C@@H]3CCCCN3)cc2)ccc1CC#N. The summed E-state index contributed by atoms with van der Waals surface area (Å²) in [5.74, 6) is -0.140. The van der Waals surface area contributed by atoms with Gasteiger partial charge in [0, 0.05) is 12.7 Å². The van der Waals surface area contributed by atoms with Gasteiger partial charge in [-0.1, -0.05) is 42.8 Å². The fraction of sp³-hybridized carbons (Fsp3) is 0.375. The third-order valence-electron chi connectivity index (χ3n) is 5.56. The van der Waals surface area contributed by atoms with Gasteiger partial charge in [0.05, 0.1) is 29.5 Å². The van der Waals surface area contributed by atoms with Crippen LogP contribution in [0.5, 0.6) is 0 Å². The van der Waals surface area contributed by atoms with Gasteiger partial charge in [-0.3, -0.25) is 4.79 Å². The van der Waals surface area contributed by atoms with Crippen LogP contribution >= 0.6 is 0 Å². The van der Waals surface area contributed by atoms with E-state index >= 15 is 0 Å². The highest BCUT2D eigenvalue weighted by Crippen LogP contribution is 2.26. The van der Waals surface area contributed by atoms with E-state index in [9.17, 15) is 18.5 Å². The van der Waals surface area contributed by atoms with Crippen LogP contribution in [0.1, 0.15) is 30.4 Å². The number of nitrogens with zero attached hydrogens (tertiary/aromatic N) is 2. The number of piperidine rings is 1. The van der Waals surface area contributed by atoms with E-state index in [0.717, 1.165) is 48.8 Å². The molecule has 8 heteroatoms. The lowest BCUT2D eigenvalue weighted by Crippen LogP contribution is -2.49. The van der Waals surface area contributed by atoms with Crippen LogP contribution in [0.25, 0.3) is 11.1 Å². The molecule has 0 saturated carbocycles. The molecule has 2 atom stereocenters. The van der Waals surface area contributed by atoms with Gasteiger partial charge >= 0.3 is 0 Å². The molecule has 1 saturated heterocycles. The normalized spacial score (nSPS) is 17.0. The van der Waals surface area contributed by atoms with Gasteiger partial charge in [0.15, 0.2) is 9.84 Å². The maximum absolute atomic E-state index is 12.4. The van der Waals surface area contributed by atoms with Crippen LogP contribution in [0.3, 0.4) is 0 Å². The van der Waals surface area contributed by atoms with Crippen molar-refractivity contribution in [2.45, 2.75) is 49.1 Å². The van der Waals surface area contributed by atoms with E-state index in [1.54, 1.807) is 18.2 Å². The topological polar surface area (TPSA) is 123 Å². The molecule has 0 unspecified atom stereocenters. The Bertz CT molecular complexity index is 1160. The van der Waals surface area contributed by atoms with Gasteiger partial charge in [-0.2, -0.15) is 10.5 Å². The number of rotatable bonds is 7. The molecule has 1 aliphatic rings. The monoisotopic (exact) mass is 450 g/mol. The second-order valence-corrected chi connectivity index (χ2v) is 10.0. The van der Waals surface area contributed by atoms with Gasteiger partial charge in [-0.25, -0.2) is 8.42 Å². The van der Waals surface area contributed by atoms with E-state index < -0.39 is 15.9 Å². The first kappa shape index (κ1) is 23.5. The summed E-state index contributed by atoms with van der Waals surface area (Å²) in [6, 6.07) is 15.8. The highest BCUT2D eigenvalue weighted by molar-refractivity contribution is 7.90. The zero-order chi connectivity index (χ0) is 23.1. The lowest BCUT2D eigenvalue weighted by molar-refractivity contribution is -0.124. The highest BCUT2D eigenvalue weighted by atomic mass is 32.2. The van der Waals surface area contributed by atoms with Crippen molar-refractivity contribution in [2.24, 2.45) is 0 Å². The molecule has 2 aromatic carbocycles. The van der Waals surface area contributed by atoms with Crippen molar-refractivity contribution in [1.82, 2.24) is 10.6 Å². The van der Waals surface area contributed by atoms with E-state index in [1.165, 1.54) is 0 Å². The molecule has 0 bridgehead atoms. The smallest absolute Gasteiger partial charge is 0.238 e. The van der Waals surface area contributed by atoms with E-state index in [2.05, 4.69) is 16.7 Å². The molecule has 0 spiro atoms. The first-order chi connectivity index (χ1) is 15.3. The van der Waals surface area contributed by atoms with Crippen molar-refractivity contribution in [3.63, 3.8) is 0 Å². The maximum Gasteiger partial charge on any atom is 0.238 e. The van der Waals surface area contributed by atoms with Crippen molar-refractivity contribution in [3.05, 3.63) is 53.6 Å². The molecule has 0 aromatic heterocycles. The number of sulfone groups is 1. The van der Waals surface area contributed by atoms with Crippen molar-refractivity contribution in [2.75, 3.05) is 12.8 Å². The second-order valence-electron chi connectivity index (χ2n) is 8.02. The molecular weight excluding hydrogens is 424 g/mol. The Labute approximate surface area is 189 Å². The average Bonchev–Trinajstić information content (AvgIpc) is 2.79. The Kier molecular flexibility index (Phi) is 7.63. The van der Waals surface area contributed by atoms with Crippen LogP contribution in [0, 0.1) is 22.7 Å². The molecule has 1 fully saturated rings. The average molecular weight is 451 g/mol. The number of nitriles is 2. The number of benzene rings is 2. The van der Waals surface area contributed by atoms with Gasteiger partial charge < -0.3 is 10.6 Å². The van der Waals surface area contributed by atoms with E-state index in [0.29, 0.717) is 12.0 Å². The largest absolute Gasteiger partial charge is 0.339 e. The first-order valence-corrected chi connectivity index (χ1v) is 12.4. The molecule has 32 heavy (non-hydrogen) atoms. The Morgan fingerprint density at radius 1 is 1.16 bits per heavy atom. The standard InChI is InChI=1S/C24H26N4O3S/c1-32(30,31)23-15-20(10-9-19(23)11-12-25)18-7-5-17(6-8-18)14-21(16-26)28-24(29)22-4-2-3-13-27-22/h5-10,15,21-22,27H,2-4,11,13-14H2,1H3,(H,28,29)/t21-,22-/m0/s1. The van der Waals surface area contributed by atoms with Crippen molar-refractivity contribution in [3.8, 4) is 23.3 Å². The van der Waals surface area contributed by atoms with Crippen molar-refractivity contribution in [1.29, 1.82) is 10.5 Å². The molecule has 1 aliphatic heterocycles. The Hall–Kier alpha value is -3.20. The quantitative estimate of drug-likeness (QED) is 0.668. The predicted octanol–water partition coefficient (Wildman–Crippen LogP) is 2.52. The maximum atomic E-state index is 12.4. The number of amides is 1.